The van der Waals surface area contributed by atoms with Gasteiger partial charge in [-0.15, -0.1) is 6.42 Å². The molecular weight excluding hydrogens is 616 g/mol. The number of terminal acetylenes is 1. The van der Waals surface area contributed by atoms with E-state index < -0.39 is 6.04 Å². The number of fused-ring (bicyclic) bond motifs is 1. The zero-order chi connectivity index (χ0) is 32.9. The molecule has 2 aromatic rings. The summed E-state index contributed by atoms with van der Waals surface area (Å²) in [6, 6.07) is 10.7. The van der Waals surface area contributed by atoms with Crippen molar-refractivity contribution in [3.8, 4) is 12.3 Å². The molecule has 12 heteroatoms. The van der Waals surface area contributed by atoms with Gasteiger partial charge in [-0.2, -0.15) is 0 Å². The maximum Gasteiger partial charge on any atom is 0.322 e. The molecule has 0 aromatic heterocycles. The number of hydrogen-bond acceptors (Lipinski definition) is 6. The zero-order valence-electron chi connectivity index (χ0n) is 26.8. The summed E-state index contributed by atoms with van der Waals surface area (Å²) >= 11 is 6.40. The lowest BCUT2D eigenvalue weighted by Crippen LogP contribution is -2.58. The number of likely N-dealkylation sites (tertiary alicyclic amines) is 2. The van der Waals surface area contributed by atoms with Crippen molar-refractivity contribution in [2.24, 2.45) is 0 Å². The van der Waals surface area contributed by atoms with Crippen LogP contribution in [0.4, 0.5) is 21.0 Å². The Labute approximate surface area is 282 Å². The van der Waals surface area contributed by atoms with Crippen molar-refractivity contribution in [2.45, 2.75) is 56.7 Å². The number of nitrogens with one attached hydrogen (secondary N) is 3. The molecule has 0 bridgehead atoms. The summed E-state index contributed by atoms with van der Waals surface area (Å²) in [6.07, 6.45) is 9.83. The van der Waals surface area contributed by atoms with Crippen molar-refractivity contribution < 1.29 is 14.4 Å². The monoisotopic (exact) mass is 660 g/mol. The minimum Gasteiger partial charge on any atom is -0.397 e. The number of nitrogens with two attached hydrogens (primary N) is 1. The minimum absolute atomic E-state index is 0.0295. The normalized spacial score (nSPS) is 20.5. The van der Waals surface area contributed by atoms with Gasteiger partial charge in [-0.25, -0.2) is 9.59 Å². The number of urea groups is 2. The molecule has 4 heterocycles. The van der Waals surface area contributed by atoms with Gasteiger partial charge in [-0.05, 0) is 61.4 Å². The third-order valence-electron chi connectivity index (χ3n) is 10.2. The first-order chi connectivity index (χ1) is 22.8. The fourth-order valence-electron chi connectivity index (χ4n) is 7.43. The number of rotatable bonds is 6. The van der Waals surface area contributed by atoms with Crippen molar-refractivity contribution in [2.75, 3.05) is 70.0 Å². The Morgan fingerprint density at radius 2 is 1.66 bits per heavy atom. The second-order valence-corrected chi connectivity index (χ2v) is 13.4. The summed E-state index contributed by atoms with van der Waals surface area (Å²) in [5.41, 5.74) is 9.57. The van der Waals surface area contributed by atoms with E-state index in [1.165, 1.54) is 0 Å². The average molecular weight is 661 g/mol. The number of piperazine rings is 1. The number of nitrogens with zero attached hydrogens (tertiary/aromatic N) is 4. The van der Waals surface area contributed by atoms with Gasteiger partial charge in [0.1, 0.15) is 6.04 Å². The van der Waals surface area contributed by atoms with E-state index in [4.69, 9.17) is 23.8 Å². The second kappa shape index (κ2) is 14.8. The van der Waals surface area contributed by atoms with Crippen LogP contribution in [0, 0.1) is 12.3 Å². The maximum atomic E-state index is 14.1. The van der Waals surface area contributed by atoms with Crippen LogP contribution < -0.4 is 21.7 Å². The van der Waals surface area contributed by atoms with Gasteiger partial charge in [0, 0.05) is 88.7 Å². The molecule has 4 aliphatic heterocycles. The van der Waals surface area contributed by atoms with Crippen molar-refractivity contribution in [1.29, 1.82) is 0 Å². The van der Waals surface area contributed by atoms with Crippen LogP contribution in [0.25, 0.3) is 0 Å². The van der Waals surface area contributed by atoms with Crippen LogP contribution in [0.3, 0.4) is 0 Å². The van der Waals surface area contributed by atoms with Crippen molar-refractivity contribution in [1.82, 2.24) is 30.2 Å². The molecule has 6 rings (SSSR count). The molecule has 3 fully saturated rings. The van der Waals surface area contributed by atoms with E-state index in [1.807, 2.05) is 34.1 Å². The van der Waals surface area contributed by atoms with Gasteiger partial charge < -0.3 is 36.4 Å². The van der Waals surface area contributed by atoms with Crippen molar-refractivity contribution >= 4 is 40.9 Å². The molecule has 5 N–H and O–H groups in total. The van der Waals surface area contributed by atoms with Gasteiger partial charge in [0.2, 0.25) is 5.91 Å². The fraction of sp³-hybridized carbons (Fsp3) is 0.514. The number of carbonyl (C=O) groups excluding carboxylic acids is 3. The van der Waals surface area contributed by atoms with Crippen LogP contribution in [0.15, 0.2) is 36.4 Å². The van der Waals surface area contributed by atoms with Gasteiger partial charge in [0.25, 0.3) is 0 Å². The highest BCUT2D eigenvalue weighted by Gasteiger charge is 2.35. The van der Waals surface area contributed by atoms with E-state index in [2.05, 4.69) is 26.8 Å². The fourth-order valence-corrected chi connectivity index (χ4v) is 7.67. The number of amides is 5. The van der Waals surface area contributed by atoms with E-state index in [-0.39, 0.29) is 30.4 Å². The Hall–Kier alpha value is -3.98. The standard InChI is InChI=1S/C35H45ClN8O3/c1-2-25-21-24(22-29(36)32(25)37)23-31(33(45)42-14-8-27(9-15-42)41-19-12-38-13-20-41)40-34(46)43-16-10-28(11-17-43)44-18-7-26-5-3-4-6-30(26)39-35(44)47/h1,3-6,21-22,27-28,31,38H,7-20,23,37H2,(H,39,47)(H,40,46)/t31-/m1/s1. The summed E-state index contributed by atoms with van der Waals surface area (Å²) < 4.78 is 0. The molecule has 0 radical (unpaired) electrons. The Morgan fingerprint density at radius 1 is 0.979 bits per heavy atom. The third kappa shape index (κ3) is 7.61. The molecule has 47 heavy (non-hydrogen) atoms. The lowest BCUT2D eigenvalue weighted by atomic mass is 9.98. The first-order valence-corrected chi connectivity index (χ1v) is 17.2. The first-order valence-electron chi connectivity index (χ1n) is 16.8. The van der Waals surface area contributed by atoms with E-state index in [0.29, 0.717) is 67.9 Å². The molecule has 0 spiro atoms. The Bertz CT molecular complexity index is 1510. The molecule has 2 aromatic carbocycles. The quantitative estimate of drug-likeness (QED) is 0.279. The highest BCUT2D eigenvalue weighted by Crippen LogP contribution is 2.27. The summed E-state index contributed by atoms with van der Waals surface area (Å²) in [6.45, 7) is 6.93. The topological polar surface area (TPSA) is 126 Å². The van der Waals surface area contributed by atoms with E-state index in [1.54, 1.807) is 17.0 Å². The molecular formula is C35H45ClN8O3. The SMILES string of the molecule is C#Cc1cc(C[C@@H](NC(=O)N2CCC(N3CCc4ccccc4NC3=O)CC2)C(=O)N2CCC(N3CCNCC3)CC2)cc(Cl)c1N. The number of piperidine rings is 2. The van der Waals surface area contributed by atoms with E-state index in [9.17, 15) is 14.4 Å². The molecule has 4 aliphatic rings. The number of nitrogen functional groups attached to an aromatic ring is 1. The number of anilines is 2. The van der Waals surface area contributed by atoms with Gasteiger partial charge in [-0.1, -0.05) is 35.7 Å². The van der Waals surface area contributed by atoms with Crippen LogP contribution >= 0.6 is 11.6 Å². The van der Waals surface area contributed by atoms with Gasteiger partial charge in [0.05, 0.1) is 10.7 Å². The lowest BCUT2D eigenvalue weighted by molar-refractivity contribution is -0.134. The van der Waals surface area contributed by atoms with Crippen LogP contribution in [0.5, 0.6) is 0 Å². The molecule has 0 saturated carbocycles. The number of halogens is 1. The molecule has 1 atom stereocenters. The lowest BCUT2D eigenvalue weighted by Gasteiger charge is -2.41. The largest absolute Gasteiger partial charge is 0.397 e. The van der Waals surface area contributed by atoms with Gasteiger partial charge in [-0.3, -0.25) is 9.69 Å². The smallest absolute Gasteiger partial charge is 0.322 e. The Morgan fingerprint density at radius 3 is 2.38 bits per heavy atom. The molecule has 250 valence electrons. The van der Waals surface area contributed by atoms with Crippen LogP contribution in [-0.4, -0.2) is 115 Å². The number of benzene rings is 2. The third-order valence-corrected chi connectivity index (χ3v) is 10.5. The predicted molar refractivity (Wildman–Crippen MR) is 184 cm³/mol. The maximum absolute atomic E-state index is 14.1. The number of hydrogen-bond donors (Lipinski definition) is 4. The van der Waals surface area contributed by atoms with Crippen molar-refractivity contribution in [3.63, 3.8) is 0 Å². The molecule has 5 amide bonds. The zero-order valence-corrected chi connectivity index (χ0v) is 27.6. The van der Waals surface area contributed by atoms with E-state index in [0.717, 1.165) is 62.3 Å². The highest BCUT2D eigenvalue weighted by molar-refractivity contribution is 6.33. The van der Waals surface area contributed by atoms with Crippen LogP contribution in [0.2, 0.25) is 5.02 Å². The summed E-state index contributed by atoms with van der Waals surface area (Å²) in [7, 11) is 0. The minimum atomic E-state index is -0.795. The molecule has 11 nitrogen and oxygen atoms in total. The van der Waals surface area contributed by atoms with Crippen LogP contribution in [0.1, 0.15) is 42.4 Å². The Balaban J connectivity index is 1.10. The van der Waals surface area contributed by atoms with E-state index >= 15 is 0 Å². The molecule has 0 aliphatic carbocycles. The highest BCUT2D eigenvalue weighted by atomic mass is 35.5. The Kier molecular flexibility index (Phi) is 10.4. The first kappa shape index (κ1) is 32.9. The number of para-hydroxylation sites is 1. The summed E-state index contributed by atoms with van der Waals surface area (Å²) in [5.74, 6) is 2.46. The van der Waals surface area contributed by atoms with Gasteiger partial charge in [0.15, 0.2) is 0 Å². The predicted octanol–water partition coefficient (Wildman–Crippen LogP) is 2.98. The van der Waals surface area contributed by atoms with Crippen molar-refractivity contribution in [3.05, 3.63) is 58.1 Å². The summed E-state index contributed by atoms with van der Waals surface area (Å²) in [4.78, 5) is 48.9. The number of carbonyl (C=O) groups is 3. The molecule has 3 saturated heterocycles. The average Bonchev–Trinajstić information content (AvgIpc) is 3.27. The molecule has 0 unspecified atom stereocenters. The van der Waals surface area contributed by atoms with Crippen LogP contribution in [-0.2, 0) is 17.6 Å². The van der Waals surface area contributed by atoms with Gasteiger partial charge >= 0.3 is 12.1 Å². The summed E-state index contributed by atoms with van der Waals surface area (Å²) in [5, 5.41) is 9.84. The second-order valence-electron chi connectivity index (χ2n) is 13.0.